The van der Waals surface area contributed by atoms with Gasteiger partial charge < -0.3 is 10.1 Å². The lowest BCUT2D eigenvalue weighted by atomic mass is 10.1. The molecule has 0 atom stereocenters. The molecule has 0 aromatic carbocycles. The number of methoxy groups -OCH3 is 1. The van der Waals surface area contributed by atoms with E-state index in [-0.39, 0.29) is 5.91 Å². The molecule has 2 rings (SSSR count). The zero-order valence-electron chi connectivity index (χ0n) is 15.2. The van der Waals surface area contributed by atoms with E-state index in [0.717, 1.165) is 25.5 Å². The molecule has 25 heavy (non-hydrogen) atoms. The molecule has 1 amide bonds. The molecular formula is C19H23N3O2S. The van der Waals surface area contributed by atoms with E-state index in [9.17, 15) is 4.79 Å². The van der Waals surface area contributed by atoms with Crippen molar-refractivity contribution in [3.8, 4) is 0 Å². The number of rotatable bonds is 5. The van der Waals surface area contributed by atoms with Crippen molar-refractivity contribution in [2.45, 2.75) is 27.7 Å². The average Bonchev–Trinajstić information content (AvgIpc) is 3.04. The van der Waals surface area contributed by atoms with Gasteiger partial charge in [0, 0.05) is 15.3 Å². The van der Waals surface area contributed by atoms with Crippen LogP contribution in [0.15, 0.2) is 35.6 Å². The molecule has 2 heterocycles. The number of hydrogen-bond donors (Lipinski definition) is 2. The van der Waals surface area contributed by atoms with E-state index in [1.807, 2.05) is 6.92 Å². The highest BCUT2D eigenvalue weighted by Crippen LogP contribution is 2.22. The molecule has 5 nitrogen and oxygen atoms in total. The number of carbonyl (C=O) groups is 1. The van der Waals surface area contributed by atoms with Crippen molar-refractivity contribution in [2.24, 2.45) is 0 Å². The minimum Gasteiger partial charge on any atom is -0.501 e. The van der Waals surface area contributed by atoms with Gasteiger partial charge in [-0.2, -0.15) is 5.10 Å². The van der Waals surface area contributed by atoms with Gasteiger partial charge in [0.15, 0.2) is 5.82 Å². The van der Waals surface area contributed by atoms with Crippen LogP contribution >= 0.6 is 11.3 Å². The summed E-state index contributed by atoms with van der Waals surface area (Å²) in [5.74, 6) is 0.767. The van der Waals surface area contributed by atoms with Crippen LogP contribution in [0.2, 0.25) is 0 Å². The Morgan fingerprint density at radius 1 is 1.28 bits per heavy atom. The van der Waals surface area contributed by atoms with Gasteiger partial charge in [0.2, 0.25) is 0 Å². The number of hydrogen-bond acceptors (Lipinski definition) is 4. The number of ether oxygens (including phenoxy) is 1. The van der Waals surface area contributed by atoms with Crippen LogP contribution in [0.3, 0.4) is 0 Å². The van der Waals surface area contributed by atoms with E-state index >= 15 is 0 Å². The largest absolute Gasteiger partial charge is 0.501 e. The highest BCUT2D eigenvalue weighted by molar-refractivity contribution is 7.17. The van der Waals surface area contributed by atoms with Gasteiger partial charge in [0.05, 0.1) is 23.1 Å². The predicted octanol–water partition coefficient (Wildman–Crippen LogP) is 3.22. The maximum atomic E-state index is 12.3. The molecule has 2 aromatic rings. The van der Waals surface area contributed by atoms with Gasteiger partial charge in [-0.05, 0) is 39.3 Å². The standard InChI is InChI=1S/C19H23N3O2S/c1-10(2)8-11(3)15-14(6)25-17-16(15)21-22-18(17)20-19(23)12(4)9-13(5)24-7/h8-9H,4,6H2,1-3,5,7H3,(H2,20,21,22,23)/b13-9+,15-11+. The van der Waals surface area contributed by atoms with Crippen LogP contribution in [0.4, 0.5) is 5.82 Å². The minimum absolute atomic E-state index is 0.300. The Kier molecular flexibility index (Phi) is 5.64. The fraction of sp³-hybridized carbons (Fsp3) is 0.263. The van der Waals surface area contributed by atoms with Crippen molar-refractivity contribution in [3.63, 3.8) is 0 Å². The van der Waals surface area contributed by atoms with Crippen molar-refractivity contribution in [3.05, 3.63) is 45.4 Å². The summed E-state index contributed by atoms with van der Waals surface area (Å²) in [5, 5.41) is 11.1. The second-order valence-corrected chi connectivity index (χ2v) is 7.12. The number of fused-ring (bicyclic) bond motifs is 1. The second kappa shape index (κ2) is 7.53. The third kappa shape index (κ3) is 4.09. The van der Waals surface area contributed by atoms with Crippen molar-refractivity contribution < 1.29 is 9.53 Å². The monoisotopic (exact) mass is 357 g/mol. The lowest BCUT2D eigenvalue weighted by Gasteiger charge is -2.03. The summed E-state index contributed by atoms with van der Waals surface area (Å²) < 4.78 is 6.84. The third-order valence-electron chi connectivity index (χ3n) is 3.60. The van der Waals surface area contributed by atoms with E-state index in [1.54, 1.807) is 20.1 Å². The van der Waals surface area contributed by atoms with Gasteiger partial charge in [0.25, 0.3) is 5.91 Å². The predicted molar refractivity (Wildman–Crippen MR) is 106 cm³/mol. The highest BCUT2D eigenvalue weighted by Gasteiger charge is 2.14. The number of aromatic amines is 1. The Bertz CT molecular complexity index is 1000. The molecule has 0 fully saturated rings. The second-order valence-electron chi connectivity index (χ2n) is 6.02. The van der Waals surface area contributed by atoms with Crippen molar-refractivity contribution in [2.75, 3.05) is 12.4 Å². The molecule has 0 spiro atoms. The van der Waals surface area contributed by atoms with Crippen molar-refractivity contribution >= 4 is 45.4 Å². The number of allylic oxidation sites excluding steroid dienone is 3. The maximum Gasteiger partial charge on any atom is 0.256 e. The number of H-pyrrole nitrogens is 1. The number of nitrogens with one attached hydrogen (secondary N) is 2. The zero-order valence-corrected chi connectivity index (χ0v) is 16.1. The van der Waals surface area contributed by atoms with E-state index in [4.69, 9.17) is 4.74 Å². The Balaban J connectivity index is 2.44. The number of aromatic nitrogens is 2. The molecule has 0 saturated heterocycles. The van der Waals surface area contributed by atoms with Gasteiger partial charge in [0.1, 0.15) is 0 Å². The lowest BCUT2D eigenvalue weighted by molar-refractivity contribution is -0.112. The number of anilines is 1. The average molecular weight is 357 g/mol. The first-order chi connectivity index (χ1) is 11.7. The van der Waals surface area contributed by atoms with E-state index in [2.05, 4.69) is 48.6 Å². The number of amides is 1. The molecule has 0 aliphatic rings. The van der Waals surface area contributed by atoms with Crippen molar-refractivity contribution in [1.29, 1.82) is 0 Å². The quantitative estimate of drug-likeness (QED) is 0.490. The van der Waals surface area contributed by atoms with Crippen LogP contribution in [0, 0.1) is 0 Å². The van der Waals surface area contributed by atoms with Crippen LogP contribution in [-0.4, -0.2) is 23.2 Å². The van der Waals surface area contributed by atoms with Gasteiger partial charge in [-0.25, -0.2) is 0 Å². The lowest BCUT2D eigenvalue weighted by Crippen LogP contribution is -2.19. The van der Waals surface area contributed by atoms with Crippen LogP contribution in [-0.2, 0) is 9.53 Å². The molecule has 0 radical (unpaired) electrons. The molecular weight excluding hydrogens is 334 g/mol. The molecule has 6 heteroatoms. The Labute approximate surface area is 151 Å². The zero-order chi connectivity index (χ0) is 18.7. The SMILES string of the molecule is C=C(/C=C(\C)OC)C(=O)Nc1n[nH]c2/c(=C(\C)C=C(C)C)c(=C)sc12. The first kappa shape index (κ1) is 18.7. The van der Waals surface area contributed by atoms with Gasteiger partial charge in [-0.3, -0.25) is 9.89 Å². The summed E-state index contributed by atoms with van der Waals surface area (Å²) in [7, 11) is 1.54. The molecule has 0 aliphatic heterocycles. The molecule has 0 saturated carbocycles. The number of thiophene rings is 1. The Morgan fingerprint density at radius 2 is 1.96 bits per heavy atom. The molecule has 132 valence electrons. The normalized spacial score (nSPS) is 12.8. The summed E-state index contributed by atoms with van der Waals surface area (Å²) in [6.07, 6.45) is 3.69. The Hall–Kier alpha value is -2.60. The topological polar surface area (TPSA) is 67.0 Å². The summed E-state index contributed by atoms with van der Waals surface area (Å²) in [5.41, 5.74) is 3.51. The van der Waals surface area contributed by atoms with Crippen LogP contribution < -0.4 is 15.1 Å². The molecule has 2 N–H and O–H groups in total. The molecule has 0 bridgehead atoms. The molecule has 0 aliphatic carbocycles. The van der Waals surface area contributed by atoms with Gasteiger partial charge >= 0.3 is 0 Å². The first-order valence-electron chi connectivity index (χ1n) is 7.78. The smallest absolute Gasteiger partial charge is 0.256 e. The van der Waals surface area contributed by atoms with Gasteiger partial charge in [-0.1, -0.05) is 24.8 Å². The van der Waals surface area contributed by atoms with E-state index in [1.165, 1.54) is 16.9 Å². The fourth-order valence-electron chi connectivity index (χ4n) is 2.48. The summed E-state index contributed by atoms with van der Waals surface area (Å²) in [6, 6.07) is 0. The maximum absolute atomic E-state index is 12.3. The number of carbonyl (C=O) groups excluding carboxylic acids is 1. The molecule has 2 aromatic heterocycles. The highest BCUT2D eigenvalue weighted by atomic mass is 32.1. The van der Waals surface area contributed by atoms with E-state index in [0.29, 0.717) is 17.2 Å². The van der Waals surface area contributed by atoms with Crippen LogP contribution in [0.5, 0.6) is 0 Å². The molecule has 0 unspecified atom stereocenters. The fourth-order valence-corrected chi connectivity index (χ4v) is 3.53. The third-order valence-corrected chi connectivity index (χ3v) is 4.65. The first-order valence-corrected chi connectivity index (χ1v) is 8.60. The van der Waals surface area contributed by atoms with Gasteiger partial charge in [-0.15, -0.1) is 11.3 Å². The van der Waals surface area contributed by atoms with Crippen LogP contribution in [0.25, 0.3) is 22.4 Å². The Morgan fingerprint density at radius 3 is 2.56 bits per heavy atom. The van der Waals surface area contributed by atoms with E-state index < -0.39 is 0 Å². The minimum atomic E-state index is -0.324. The summed E-state index contributed by atoms with van der Waals surface area (Å²) in [4.78, 5) is 12.3. The number of nitrogens with zero attached hydrogens (tertiary/aromatic N) is 1. The van der Waals surface area contributed by atoms with Crippen LogP contribution in [0.1, 0.15) is 27.7 Å². The summed E-state index contributed by atoms with van der Waals surface area (Å²) in [6.45, 7) is 15.8. The summed E-state index contributed by atoms with van der Waals surface area (Å²) >= 11 is 1.50. The van der Waals surface area contributed by atoms with Crippen molar-refractivity contribution in [1.82, 2.24) is 10.2 Å².